The molecule has 0 rings (SSSR count). The predicted octanol–water partition coefficient (Wildman–Crippen LogP) is -1.92. The maximum absolute atomic E-state index is 11.3. The number of hydrogen-bond acceptors (Lipinski definition) is 6. The summed E-state index contributed by atoms with van der Waals surface area (Å²) in [6.07, 6.45) is -4.62. The smallest absolute Gasteiger partial charge is 0.277 e. The van der Waals surface area contributed by atoms with Crippen LogP contribution in [0.1, 0.15) is 20.8 Å². The van der Waals surface area contributed by atoms with Crippen LogP contribution in [0.15, 0.2) is 0 Å². The maximum atomic E-state index is 11.3. The van der Waals surface area contributed by atoms with Crippen molar-refractivity contribution in [3.63, 3.8) is 0 Å². The van der Waals surface area contributed by atoms with Crippen LogP contribution in [0.2, 0.25) is 0 Å². The number of hydrogen-bond donors (Lipinski definition) is 5. The van der Waals surface area contributed by atoms with Crippen molar-refractivity contribution in [3.8, 4) is 0 Å². The van der Waals surface area contributed by atoms with Crippen molar-refractivity contribution >= 4 is 10.1 Å². The van der Waals surface area contributed by atoms with E-state index in [-0.39, 0.29) is 0 Å². The summed E-state index contributed by atoms with van der Waals surface area (Å²) in [5.74, 6) is 0. The van der Waals surface area contributed by atoms with Crippen LogP contribution in [0.5, 0.6) is 0 Å². The van der Waals surface area contributed by atoms with Crippen molar-refractivity contribution in [1.82, 2.24) is 0 Å². The Hall–Kier alpha value is -0.250. The fourth-order valence-corrected chi connectivity index (χ4v) is 3.29. The van der Waals surface area contributed by atoms with E-state index in [4.69, 9.17) is 10.3 Å². The Kier molecular flexibility index (Phi) is 4.87. The fourth-order valence-electron chi connectivity index (χ4n) is 1.89. The largest absolute Gasteiger partial charge is 0.392 e. The van der Waals surface area contributed by atoms with E-state index in [9.17, 15) is 23.7 Å². The van der Waals surface area contributed by atoms with Gasteiger partial charge in [0.25, 0.3) is 10.1 Å². The van der Waals surface area contributed by atoms with E-state index in [0.29, 0.717) is 0 Å². The van der Waals surface area contributed by atoms with E-state index in [0.717, 1.165) is 13.8 Å². The van der Waals surface area contributed by atoms with Crippen LogP contribution in [0.25, 0.3) is 0 Å². The van der Waals surface area contributed by atoms with Crippen LogP contribution in [0.4, 0.5) is 0 Å². The Labute approximate surface area is 94.6 Å². The number of aliphatic hydroxyl groups is 3. The first-order valence-corrected chi connectivity index (χ1v) is 6.20. The molecule has 0 aromatic heterocycles. The second-order valence-electron chi connectivity index (χ2n) is 3.95. The second kappa shape index (κ2) is 4.94. The minimum Gasteiger partial charge on any atom is -0.392 e. The van der Waals surface area contributed by atoms with Crippen LogP contribution >= 0.6 is 0 Å². The summed E-state index contributed by atoms with van der Waals surface area (Å²) in [6.45, 7) is 3.35. The fraction of sp³-hybridized carbons (Fsp3) is 1.00. The normalized spacial score (nSPS) is 24.2. The van der Waals surface area contributed by atoms with Gasteiger partial charge < -0.3 is 21.1 Å². The van der Waals surface area contributed by atoms with Gasteiger partial charge in [0.15, 0.2) is 4.75 Å². The summed E-state index contributed by atoms with van der Waals surface area (Å²) in [7, 11) is -4.85. The molecule has 8 heteroatoms. The van der Waals surface area contributed by atoms with E-state index < -0.39 is 39.2 Å². The zero-order valence-corrected chi connectivity index (χ0v) is 10.2. The lowest BCUT2D eigenvalue weighted by atomic mass is 9.86. The van der Waals surface area contributed by atoms with Crippen LogP contribution in [-0.4, -0.2) is 57.4 Å². The highest BCUT2D eigenvalue weighted by Gasteiger charge is 2.57. The first-order chi connectivity index (χ1) is 6.99. The molecule has 0 fully saturated rings. The van der Waals surface area contributed by atoms with Gasteiger partial charge in [-0.1, -0.05) is 0 Å². The minimum atomic E-state index is -4.85. The van der Waals surface area contributed by atoms with Gasteiger partial charge >= 0.3 is 0 Å². The van der Waals surface area contributed by atoms with Crippen LogP contribution in [0.3, 0.4) is 0 Å². The van der Waals surface area contributed by atoms with Gasteiger partial charge in [-0.2, -0.15) is 8.42 Å². The molecule has 0 heterocycles. The zero-order chi connectivity index (χ0) is 13.3. The summed E-state index contributed by atoms with van der Waals surface area (Å²) in [4.78, 5) is 0. The quantitative estimate of drug-likeness (QED) is 0.361. The molecule has 98 valence electrons. The first kappa shape index (κ1) is 15.8. The lowest BCUT2D eigenvalue weighted by Crippen LogP contribution is -2.69. The average molecular weight is 257 g/mol. The van der Waals surface area contributed by atoms with Crippen molar-refractivity contribution in [3.05, 3.63) is 0 Å². The molecule has 0 aromatic rings. The molecule has 0 aliphatic heterocycles. The van der Waals surface area contributed by atoms with Gasteiger partial charge in [0.05, 0.1) is 24.4 Å². The van der Waals surface area contributed by atoms with Gasteiger partial charge in [-0.15, -0.1) is 0 Å². The SMILES string of the molecule is CC(O)C(N)C(C(C)O)(C(C)O)S(=O)(=O)O. The standard InChI is InChI=1S/C8H19NO6S/c1-4(10)7(9)8(5(2)11,6(3)12)16(13,14)15/h4-7,10-12H,9H2,1-3H3,(H,13,14,15). The van der Waals surface area contributed by atoms with E-state index in [1.165, 1.54) is 6.92 Å². The molecule has 0 saturated heterocycles. The summed E-state index contributed by atoms with van der Waals surface area (Å²) >= 11 is 0. The Balaban J connectivity index is 5.85. The van der Waals surface area contributed by atoms with E-state index in [2.05, 4.69) is 0 Å². The van der Waals surface area contributed by atoms with Crippen molar-refractivity contribution in [2.45, 2.75) is 49.9 Å². The zero-order valence-electron chi connectivity index (χ0n) is 9.40. The summed E-state index contributed by atoms with van der Waals surface area (Å²) in [5.41, 5.74) is 5.47. The third-order valence-electron chi connectivity index (χ3n) is 2.79. The van der Waals surface area contributed by atoms with E-state index >= 15 is 0 Å². The second-order valence-corrected chi connectivity index (χ2v) is 5.60. The van der Waals surface area contributed by atoms with E-state index in [1.54, 1.807) is 0 Å². The van der Waals surface area contributed by atoms with E-state index in [1.807, 2.05) is 0 Å². The third kappa shape index (κ3) is 2.36. The molecule has 4 unspecified atom stereocenters. The average Bonchev–Trinajstić information content (AvgIpc) is 1.99. The summed E-state index contributed by atoms with van der Waals surface area (Å²) < 4.78 is 29.4. The molecular weight excluding hydrogens is 238 g/mol. The Morgan fingerprint density at radius 2 is 1.38 bits per heavy atom. The molecule has 0 radical (unpaired) electrons. The molecule has 0 aromatic carbocycles. The molecule has 0 spiro atoms. The Morgan fingerprint density at radius 3 is 1.44 bits per heavy atom. The Morgan fingerprint density at radius 1 is 1.06 bits per heavy atom. The highest BCUT2D eigenvalue weighted by atomic mass is 32.2. The van der Waals surface area contributed by atoms with Crippen LogP contribution in [-0.2, 0) is 10.1 Å². The summed E-state index contributed by atoms with van der Waals surface area (Å²) in [5, 5.41) is 28.3. The van der Waals surface area contributed by atoms with Gasteiger partial charge in [0.2, 0.25) is 0 Å². The molecule has 7 nitrogen and oxygen atoms in total. The minimum absolute atomic E-state index is 1.07. The lowest BCUT2D eigenvalue weighted by Gasteiger charge is -2.41. The molecule has 4 atom stereocenters. The Bertz CT molecular complexity index is 315. The van der Waals surface area contributed by atoms with Gasteiger partial charge in [-0.25, -0.2) is 0 Å². The number of nitrogens with two attached hydrogens (primary N) is 1. The molecule has 0 saturated carbocycles. The van der Waals surface area contributed by atoms with Crippen molar-refractivity contribution < 1.29 is 28.3 Å². The number of rotatable bonds is 5. The van der Waals surface area contributed by atoms with Gasteiger partial charge in [-0.3, -0.25) is 4.55 Å². The van der Waals surface area contributed by atoms with Crippen molar-refractivity contribution in [2.24, 2.45) is 5.73 Å². The maximum Gasteiger partial charge on any atom is 0.277 e. The van der Waals surface area contributed by atoms with Crippen molar-refractivity contribution in [2.75, 3.05) is 0 Å². The molecule has 6 N–H and O–H groups in total. The van der Waals surface area contributed by atoms with Crippen molar-refractivity contribution in [1.29, 1.82) is 0 Å². The highest BCUT2D eigenvalue weighted by Crippen LogP contribution is 2.30. The monoisotopic (exact) mass is 257 g/mol. The van der Waals surface area contributed by atoms with Crippen LogP contribution in [0, 0.1) is 0 Å². The first-order valence-electron chi connectivity index (χ1n) is 4.76. The predicted molar refractivity (Wildman–Crippen MR) is 57.3 cm³/mol. The van der Waals surface area contributed by atoms with Gasteiger partial charge in [0.1, 0.15) is 0 Å². The van der Waals surface area contributed by atoms with Crippen LogP contribution < -0.4 is 5.73 Å². The summed E-state index contributed by atoms with van der Waals surface area (Å²) in [6, 6.07) is -1.53. The van der Waals surface area contributed by atoms with Gasteiger partial charge in [-0.05, 0) is 20.8 Å². The molecular formula is C8H19NO6S. The highest BCUT2D eigenvalue weighted by molar-refractivity contribution is 7.87. The number of aliphatic hydroxyl groups excluding tert-OH is 3. The molecule has 0 aliphatic rings. The molecule has 0 aliphatic carbocycles. The van der Waals surface area contributed by atoms with Gasteiger partial charge in [0, 0.05) is 0 Å². The topological polar surface area (TPSA) is 141 Å². The lowest BCUT2D eigenvalue weighted by molar-refractivity contribution is 0.00392. The third-order valence-corrected chi connectivity index (χ3v) is 4.64. The molecule has 0 bridgehead atoms. The molecule has 0 amide bonds. The molecule has 16 heavy (non-hydrogen) atoms.